The van der Waals surface area contributed by atoms with Crippen LogP contribution in [-0.4, -0.2) is 20.5 Å². The van der Waals surface area contributed by atoms with Gasteiger partial charge in [-0.1, -0.05) is 0 Å². The van der Waals surface area contributed by atoms with Crippen molar-refractivity contribution in [3.8, 4) is 11.5 Å². The molecular formula is C15H13FO4S. The van der Waals surface area contributed by atoms with Gasteiger partial charge >= 0.3 is 0 Å². The summed E-state index contributed by atoms with van der Waals surface area (Å²) in [6, 6.07) is 9.56. The lowest BCUT2D eigenvalue weighted by Crippen LogP contribution is -1.97. The SMILES string of the molecule is CC(=O)c1ccc(Oc2ccc(S(C)(=O)=O)cc2)c(F)c1. The summed E-state index contributed by atoms with van der Waals surface area (Å²) in [6.07, 6.45) is 1.10. The molecule has 2 aromatic rings. The maximum Gasteiger partial charge on any atom is 0.175 e. The summed E-state index contributed by atoms with van der Waals surface area (Å²) in [5.74, 6) is -0.628. The highest BCUT2D eigenvalue weighted by Gasteiger charge is 2.10. The largest absolute Gasteiger partial charge is 0.454 e. The van der Waals surface area contributed by atoms with E-state index in [1.807, 2.05) is 0 Å². The number of sulfone groups is 1. The Hall–Kier alpha value is -2.21. The van der Waals surface area contributed by atoms with Gasteiger partial charge in [0.25, 0.3) is 0 Å². The molecule has 2 rings (SSSR count). The van der Waals surface area contributed by atoms with Gasteiger partial charge in [0.15, 0.2) is 27.2 Å². The molecule has 4 nitrogen and oxygen atoms in total. The van der Waals surface area contributed by atoms with Crippen molar-refractivity contribution in [3.05, 3.63) is 53.8 Å². The maximum atomic E-state index is 13.8. The molecule has 0 radical (unpaired) electrons. The Labute approximate surface area is 122 Å². The van der Waals surface area contributed by atoms with Gasteiger partial charge in [0.05, 0.1) is 4.90 Å². The van der Waals surface area contributed by atoms with E-state index in [4.69, 9.17) is 4.74 Å². The first-order valence-electron chi connectivity index (χ1n) is 6.06. The average molecular weight is 308 g/mol. The predicted molar refractivity (Wildman–Crippen MR) is 76.0 cm³/mol. The molecule has 110 valence electrons. The lowest BCUT2D eigenvalue weighted by Gasteiger charge is -2.08. The van der Waals surface area contributed by atoms with Gasteiger partial charge in [0.1, 0.15) is 5.75 Å². The van der Waals surface area contributed by atoms with Crippen molar-refractivity contribution in [2.45, 2.75) is 11.8 Å². The van der Waals surface area contributed by atoms with Crippen LogP contribution in [0.25, 0.3) is 0 Å². The summed E-state index contributed by atoms with van der Waals surface area (Å²) in [4.78, 5) is 11.3. The Bertz CT molecular complexity index is 780. The molecule has 0 N–H and O–H groups in total. The number of Topliss-reactive ketones (excluding diaryl/α,β-unsaturated/α-hetero) is 1. The van der Waals surface area contributed by atoms with Crippen molar-refractivity contribution in [2.24, 2.45) is 0 Å². The van der Waals surface area contributed by atoms with Crippen LogP contribution in [-0.2, 0) is 9.84 Å². The number of ether oxygens (including phenoxy) is 1. The van der Waals surface area contributed by atoms with Gasteiger partial charge in [0, 0.05) is 11.8 Å². The van der Waals surface area contributed by atoms with Crippen LogP contribution in [0.15, 0.2) is 47.4 Å². The van der Waals surface area contributed by atoms with E-state index in [2.05, 4.69) is 0 Å². The fourth-order valence-corrected chi connectivity index (χ4v) is 2.31. The van der Waals surface area contributed by atoms with Crippen molar-refractivity contribution in [3.63, 3.8) is 0 Å². The highest BCUT2D eigenvalue weighted by atomic mass is 32.2. The molecule has 0 aliphatic carbocycles. The summed E-state index contributed by atoms with van der Waals surface area (Å²) >= 11 is 0. The van der Waals surface area contributed by atoms with Crippen molar-refractivity contribution < 1.29 is 22.3 Å². The number of rotatable bonds is 4. The molecular weight excluding hydrogens is 295 g/mol. The molecule has 21 heavy (non-hydrogen) atoms. The van der Waals surface area contributed by atoms with Gasteiger partial charge < -0.3 is 4.74 Å². The minimum Gasteiger partial charge on any atom is -0.454 e. The highest BCUT2D eigenvalue weighted by molar-refractivity contribution is 7.90. The highest BCUT2D eigenvalue weighted by Crippen LogP contribution is 2.26. The first-order chi connectivity index (χ1) is 9.77. The fourth-order valence-electron chi connectivity index (χ4n) is 1.68. The van der Waals surface area contributed by atoms with Crippen LogP contribution >= 0.6 is 0 Å². The number of carbonyl (C=O) groups excluding carboxylic acids is 1. The quantitative estimate of drug-likeness (QED) is 0.814. The van der Waals surface area contributed by atoms with Crippen LogP contribution in [0.1, 0.15) is 17.3 Å². The van der Waals surface area contributed by atoms with Crippen molar-refractivity contribution in [1.29, 1.82) is 0 Å². The molecule has 0 aromatic heterocycles. The number of hydrogen-bond donors (Lipinski definition) is 0. The molecule has 0 unspecified atom stereocenters. The van der Waals surface area contributed by atoms with Gasteiger partial charge in [-0.2, -0.15) is 0 Å². The summed E-state index contributed by atoms with van der Waals surface area (Å²) in [5.41, 5.74) is 0.257. The van der Waals surface area contributed by atoms with Crippen molar-refractivity contribution in [1.82, 2.24) is 0 Å². The minimum absolute atomic E-state index is 0.0351. The smallest absolute Gasteiger partial charge is 0.175 e. The molecule has 0 aliphatic heterocycles. The lowest BCUT2D eigenvalue weighted by molar-refractivity contribution is 0.101. The van der Waals surface area contributed by atoms with Crippen molar-refractivity contribution in [2.75, 3.05) is 6.26 Å². The zero-order valence-corrected chi connectivity index (χ0v) is 12.3. The van der Waals surface area contributed by atoms with E-state index in [0.717, 1.165) is 12.3 Å². The van der Waals surface area contributed by atoms with Crippen LogP contribution in [0, 0.1) is 5.82 Å². The second-order valence-electron chi connectivity index (χ2n) is 4.55. The normalized spacial score (nSPS) is 11.2. The van der Waals surface area contributed by atoms with Crippen LogP contribution in [0.5, 0.6) is 11.5 Å². The third kappa shape index (κ3) is 3.66. The lowest BCUT2D eigenvalue weighted by atomic mass is 10.1. The minimum atomic E-state index is -3.28. The Morgan fingerprint density at radius 3 is 2.19 bits per heavy atom. The molecule has 6 heteroatoms. The monoisotopic (exact) mass is 308 g/mol. The predicted octanol–water partition coefficient (Wildman–Crippen LogP) is 3.22. The van der Waals surface area contributed by atoms with Gasteiger partial charge in [-0.15, -0.1) is 0 Å². The molecule has 0 spiro atoms. The number of ketones is 1. The van der Waals surface area contributed by atoms with Gasteiger partial charge in [0.2, 0.25) is 0 Å². The topological polar surface area (TPSA) is 60.4 Å². The van der Waals surface area contributed by atoms with Gasteiger partial charge in [-0.05, 0) is 49.4 Å². The van der Waals surface area contributed by atoms with Crippen LogP contribution in [0.4, 0.5) is 4.39 Å². The molecule has 0 bridgehead atoms. The Balaban J connectivity index is 2.24. The van der Waals surface area contributed by atoms with E-state index in [0.29, 0.717) is 5.75 Å². The molecule has 0 aliphatic rings. The van der Waals surface area contributed by atoms with Crippen LogP contribution in [0.3, 0.4) is 0 Å². The molecule has 2 aromatic carbocycles. The Morgan fingerprint density at radius 1 is 1.10 bits per heavy atom. The second kappa shape index (κ2) is 5.65. The third-order valence-corrected chi connectivity index (χ3v) is 3.95. The number of hydrogen-bond acceptors (Lipinski definition) is 4. The first-order valence-corrected chi connectivity index (χ1v) is 7.95. The number of halogens is 1. The summed E-state index contributed by atoms with van der Waals surface area (Å²) in [7, 11) is -3.28. The molecule has 0 fully saturated rings. The zero-order valence-electron chi connectivity index (χ0n) is 11.5. The summed E-state index contributed by atoms with van der Waals surface area (Å²) in [6.45, 7) is 1.35. The van der Waals surface area contributed by atoms with Crippen LogP contribution in [0.2, 0.25) is 0 Å². The van der Waals surface area contributed by atoms with E-state index >= 15 is 0 Å². The maximum absolute atomic E-state index is 13.8. The Kier molecular flexibility index (Phi) is 4.09. The molecule has 0 saturated carbocycles. The number of benzene rings is 2. The van der Waals surface area contributed by atoms with Gasteiger partial charge in [-0.3, -0.25) is 4.79 Å². The average Bonchev–Trinajstić information content (AvgIpc) is 2.40. The molecule has 0 atom stereocenters. The van der Waals surface area contributed by atoms with Crippen LogP contribution < -0.4 is 4.74 Å². The number of carbonyl (C=O) groups is 1. The Morgan fingerprint density at radius 2 is 1.71 bits per heavy atom. The van der Waals surface area contributed by atoms with E-state index in [1.165, 1.54) is 43.3 Å². The van der Waals surface area contributed by atoms with E-state index in [9.17, 15) is 17.6 Å². The molecule has 0 heterocycles. The second-order valence-corrected chi connectivity index (χ2v) is 6.56. The van der Waals surface area contributed by atoms with E-state index < -0.39 is 15.7 Å². The summed E-state index contributed by atoms with van der Waals surface area (Å²) in [5, 5.41) is 0. The zero-order chi connectivity index (χ0) is 15.6. The standard InChI is InChI=1S/C15H13FO4S/c1-10(17)11-3-8-15(14(16)9-11)20-12-4-6-13(7-5-12)21(2,18)19/h3-9H,1-2H3. The van der Waals surface area contributed by atoms with E-state index in [-0.39, 0.29) is 22.0 Å². The molecule has 0 saturated heterocycles. The van der Waals surface area contributed by atoms with Crippen molar-refractivity contribution >= 4 is 15.6 Å². The third-order valence-electron chi connectivity index (χ3n) is 2.82. The fraction of sp³-hybridized carbons (Fsp3) is 0.133. The van der Waals surface area contributed by atoms with E-state index in [1.54, 1.807) is 0 Å². The molecule has 0 amide bonds. The summed E-state index contributed by atoms with van der Waals surface area (Å²) < 4.78 is 41.8. The van der Waals surface area contributed by atoms with Gasteiger partial charge in [-0.25, -0.2) is 12.8 Å². The first kappa shape index (κ1) is 15.2.